The van der Waals surface area contributed by atoms with Crippen LogP contribution in [0.15, 0.2) is 18.2 Å². The van der Waals surface area contributed by atoms with Crippen molar-refractivity contribution in [3.8, 4) is 0 Å². The Labute approximate surface area is 167 Å². The summed E-state index contributed by atoms with van der Waals surface area (Å²) in [5.74, 6) is 0.666. The van der Waals surface area contributed by atoms with Gasteiger partial charge in [0.2, 0.25) is 5.91 Å². The third kappa shape index (κ3) is 3.26. The minimum Gasteiger partial charge on any atom is -0.345 e. The Morgan fingerprint density at radius 3 is 2.79 bits per heavy atom. The summed E-state index contributed by atoms with van der Waals surface area (Å²) in [4.78, 5) is 34.9. The summed E-state index contributed by atoms with van der Waals surface area (Å²) < 4.78 is 0. The van der Waals surface area contributed by atoms with Gasteiger partial charge in [0.05, 0.1) is 10.9 Å². The largest absolute Gasteiger partial charge is 0.345 e. The molecule has 144 valence electrons. The predicted octanol–water partition coefficient (Wildman–Crippen LogP) is 3.99. The highest BCUT2D eigenvalue weighted by Gasteiger charge is 2.21. The molecule has 1 aliphatic heterocycles. The number of thiophene rings is 1. The van der Waals surface area contributed by atoms with Crippen LogP contribution in [0.4, 0.5) is 5.69 Å². The van der Waals surface area contributed by atoms with E-state index in [0.29, 0.717) is 17.1 Å². The van der Waals surface area contributed by atoms with Crippen molar-refractivity contribution in [1.29, 1.82) is 0 Å². The summed E-state index contributed by atoms with van der Waals surface area (Å²) in [6, 6.07) is 5.79. The second-order valence-corrected chi connectivity index (χ2v) is 8.25. The quantitative estimate of drug-likeness (QED) is 0.703. The number of hydrogen-bond donors (Lipinski definition) is 2. The molecule has 1 atom stereocenters. The summed E-state index contributed by atoms with van der Waals surface area (Å²) in [7, 11) is 0. The Kier molecular flexibility index (Phi) is 4.63. The van der Waals surface area contributed by atoms with Crippen LogP contribution < -0.4 is 10.6 Å². The van der Waals surface area contributed by atoms with Gasteiger partial charge in [0.25, 0.3) is 5.91 Å². The van der Waals surface area contributed by atoms with E-state index in [4.69, 9.17) is 0 Å². The molecule has 6 nitrogen and oxygen atoms in total. The SMILES string of the molecule is Cc1nc(C)c2c(C)c(C(=O)N[C@H](C)c3ccc4c(c3)CCC(=O)N4)sc2n1. The third-order valence-electron chi connectivity index (χ3n) is 5.16. The fourth-order valence-electron chi connectivity index (χ4n) is 3.71. The van der Waals surface area contributed by atoms with Crippen molar-refractivity contribution in [2.24, 2.45) is 0 Å². The van der Waals surface area contributed by atoms with E-state index in [0.717, 1.165) is 44.7 Å². The minimum absolute atomic E-state index is 0.0514. The average Bonchev–Trinajstić information content (AvgIpc) is 2.97. The van der Waals surface area contributed by atoms with Crippen molar-refractivity contribution in [2.75, 3.05) is 5.32 Å². The maximum absolute atomic E-state index is 12.9. The van der Waals surface area contributed by atoms with Gasteiger partial charge in [-0.1, -0.05) is 12.1 Å². The molecule has 0 bridgehead atoms. The monoisotopic (exact) mass is 394 g/mol. The van der Waals surface area contributed by atoms with Gasteiger partial charge < -0.3 is 10.6 Å². The maximum Gasteiger partial charge on any atom is 0.262 e. The van der Waals surface area contributed by atoms with Gasteiger partial charge in [-0.05, 0) is 56.9 Å². The van der Waals surface area contributed by atoms with Gasteiger partial charge in [-0.25, -0.2) is 9.97 Å². The normalized spacial score (nSPS) is 14.5. The van der Waals surface area contributed by atoms with Gasteiger partial charge in [0.1, 0.15) is 10.7 Å². The van der Waals surface area contributed by atoms with E-state index >= 15 is 0 Å². The van der Waals surface area contributed by atoms with Crippen molar-refractivity contribution in [3.05, 3.63) is 51.3 Å². The molecule has 2 amide bonds. The fourth-order valence-corrected chi connectivity index (χ4v) is 4.89. The summed E-state index contributed by atoms with van der Waals surface area (Å²) in [6.07, 6.45) is 1.22. The Bertz CT molecular complexity index is 1120. The minimum atomic E-state index is -0.144. The summed E-state index contributed by atoms with van der Waals surface area (Å²) in [5.41, 5.74) is 4.82. The summed E-state index contributed by atoms with van der Waals surface area (Å²) in [6.45, 7) is 7.74. The molecule has 0 fully saturated rings. The van der Waals surface area contributed by atoms with E-state index in [2.05, 4.69) is 26.7 Å². The highest BCUT2D eigenvalue weighted by atomic mass is 32.1. The maximum atomic E-state index is 12.9. The van der Waals surface area contributed by atoms with Crippen molar-refractivity contribution >= 4 is 39.1 Å². The molecule has 1 aromatic carbocycles. The van der Waals surface area contributed by atoms with E-state index in [1.807, 2.05) is 39.8 Å². The van der Waals surface area contributed by atoms with Gasteiger partial charge in [0, 0.05) is 23.2 Å². The van der Waals surface area contributed by atoms with E-state index in [1.165, 1.54) is 11.3 Å². The lowest BCUT2D eigenvalue weighted by molar-refractivity contribution is -0.116. The molecule has 4 rings (SSSR count). The first-order valence-electron chi connectivity index (χ1n) is 9.31. The molecular weight excluding hydrogens is 372 g/mol. The first kappa shape index (κ1) is 18.6. The number of nitrogens with zero attached hydrogens (tertiary/aromatic N) is 2. The van der Waals surface area contributed by atoms with E-state index in [9.17, 15) is 9.59 Å². The smallest absolute Gasteiger partial charge is 0.262 e. The molecule has 0 spiro atoms. The standard InChI is InChI=1S/C21H22N4O2S/c1-10-18-12(3)22-13(4)24-21(18)28-19(10)20(27)23-11(2)14-5-7-16-15(9-14)6-8-17(26)25-16/h5,7,9,11H,6,8H2,1-4H3,(H,23,27)(H,25,26)/t11-/m1/s1. The van der Waals surface area contributed by atoms with Gasteiger partial charge in [-0.15, -0.1) is 11.3 Å². The molecule has 28 heavy (non-hydrogen) atoms. The Morgan fingerprint density at radius 1 is 1.21 bits per heavy atom. The van der Waals surface area contributed by atoms with Gasteiger partial charge in [-0.2, -0.15) is 0 Å². The first-order chi connectivity index (χ1) is 13.3. The predicted molar refractivity (Wildman–Crippen MR) is 111 cm³/mol. The number of carbonyl (C=O) groups is 2. The molecular formula is C21H22N4O2S. The molecule has 3 heterocycles. The molecule has 2 N–H and O–H groups in total. The van der Waals surface area contributed by atoms with Crippen LogP contribution in [0.5, 0.6) is 0 Å². The number of carbonyl (C=O) groups excluding carboxylic acids is 2. The van der Waals surface area contributed by atoms with Crippen molar-refractivity contribution < 1.29 is 9.59 Å². The molecule has 0 saturated heterocycles. The molecule has 1 aliphatic rings. The zero-order valence-electron chi connectivity index (χ0n) is 16.3. The van der Waals surface area contributed by atoms with Crippen LogP contribution >= 0.6 is 11.3 Å². The second kappa shape index (κ2) is 6.98. The number of aryl methyl sites for hydroxylation is 4. The molecule has 0 unspecified atom stereocenters. The van der Waals surface area contributed by atoms with Crippen molar-refractivity contribution in [3.63, 3.8) is 0 Å². The molecule has 0 saturated carbocycles. The number of rotatable bonds is 3. The van der Waals surface area contributed by atoms with Gasteiger partial charge in [0.15, 0.2) is 0 Å². The second-order valence-electron chi connectivity index (χ2n) is 7.25. The number of anilines is 1. The molecule has 7 heteroatoms. The van der Waals surface area contributed by atoms with Crippen LogP contribution in [0.1, 0.15) is 57.3 Å². The molecule has 0 radical (unpaired) electrons. The number of hydrogen-bond acceptors (Lipinski definition) is 5. The Morgan fingerprint density at radius 2 is 2.00 bits per heavy atom. The Balaban J connectivity index is 1.59. The van der Waals surface area contributed by atoms with Gasteiger partial charge >= 0.3 is 0 Å². The molecule has 2 aromatic heterocycles. The van der Waals surface area contributed by atoms with E-state index in [1.54, 1.807) is 0 Å². The zero-order valence-corrected chi connectivity index (χ0v) is 17.2. The summed E-state index contributed by atoms with van der Waals surface area (Å²) >= 11 is 1.41. The van der Waals surface area contributed by atoms with Crippen LogP contribution in [0, 0.1) is 20.8 Å². The van der Waals surface area contributed by atoms with Gasteiger partial charge in [-0.3, -0.25) is 9.59 Å². The van der Waals surface area contributed by atoms with Crippen molar-refractivity contribution in [1.82, 2.24) is 15.3 Å². The lowest BCUT2D eigenvalue weighted by Gasteiger charge is -2.20. The number of aromatic nitrogens is 2. The molecule has 3 aromatic rings. The molecule has 0 aliphatic carbocycles. The van der Waals surface area contributed by atoms with Crippen LogP contribution in [-0.4, -0.2) is 21.8 Å². The summed E-state index contributed by atoms with van der Waals surface area (Å²) in [5, 5.41) is 6.96. The van der Waals surface area contributed by atoms with Crippen molar-refractivity contribution in [2.45, 2.75) is 46.6 Å². The van der Waals surface area contributed by atoms with E-state index < -0.39 is 0 Å². The third-order valence-corrected chi connectivity index (χ3v) is 6.35. The average molecular weight is 395 g/mol. The highest BCUT2D eigenvalue weighted by molar-refractivity contribution is 7.20. The lowest BCUT2D eigenvalue weighted by Crippen LogP contribution is -2.27. The lowest BCUT2D eigenvalue weighted by atomic mass is 9.97. The first-order valence-corrected chi connectivity index (χ1v) is 10.1. The topological polar surface area (TPSA) is 84.0 Å². The fraction of sp³-hybridized carbons (Fsp3) is 0.333. The van der Waals surface area contributed by atoms with Crippen LogP contribution in [0.2, 0.25) is 0 Å². The Hall–Kier alpha value is -2.80. The highest BCUT2D eigenvalue weighted by Crippen LogP contribution is 2.32. The zero-order chi connectivity index (χ0) is 20.0. The number of nitrogens with one attached hydrogen (secondary N) is 2. The number of amides is 2. The van der Waals surface area contributed by atoms with Crippen LogP contribution in [0.25, 0.3) is 10.2 Å². The van der Waals surface area contributed by atoms with Crippen LogP contribution in [0.3, 0.4) is 0 Å². The van der Waals surface area contributed by atoms with E-state index in [-0.39, 0.29) is 17.9 Å². The number of fused-ring (bicyclic) bond motifs is 2. The number of benzene rings is 1. The van der Waals surface area contributed by atoms with Crippen LogP contribution in [-0.2, 0) is 11.2 Å².